The summed E-state index contributed by atoms with van der Waals surface area (Å²) < 4.78 is 27.5. The first-order valence-corrected chi connectivity index (χ1v) is 9.96. The van der Waals surface area contributed by atoms with E-state index in [1.807, 2.05) is 12.1 Å². The number of rotatable bonds is 10. The zero-order valence-electron chi connectivity index (χ0n) is 14.4. The predicted octanol–water partition coefficient (Wildman–Crippen LogP) is 4.38. The van der Waals surface area contributed by atoms with Crippen LogP contribution in [0.2, 0.25) is 0 Å². The highest BCUT2D eigenvalue weighted by molar-refractivity contribution is 7.89. The number of nitrogens with one attached hydrogen (secondary N) is 1. The molecule has 0 radical (unpaired) electrons. The molecule has 1 N–H and O–H groups in total. The molecule has 0 fully saturated rings. The van der Waals surface area contributed by atoms with E-state index < -0.39 is 10.0 Å². The van der Waals surface area contributed by atoms with Crippen LogP contribution in [-0.2, 0) is 16.4 Å². The van der Waals surface area contributed by atoms with E-state index in [4.69, 9.17) is 0 Å². The predicted molar refractivity (Wildman–Crippen MR) is 93.5 cm³/mol. The van der Waals surface area contributed by atoms with Gasteiger partial charge in [-0.25, -0.2) is 13.1 Å². The number of unbranched alkanes of at least 4 members (excludes halogenated alkanes) is 1. The van der Waals surface area contributed by atoms with Crippen molar-refractivity contribution in [1.29, 1.82) is 0 Å². The van der Waals surface area contributed by atoms with Crippen molar-refractivity contribution in [1.82, 2.24) is 4.72 Å². The van der Waals surface area contributed by atoms with Crippen molar-refractivity contribution in [3.05, 3.63) is 29.8 Å². The van der Waals surface area contributed by atoms with E-state index in [1.165, 1.54) is 5.56 Å². The molecule has 0 amide bonds. The SMILES string of the molecule is CCCCC(CC)CNS(=O)(=O)c1ccc(CC(C)C)cc1. The molecule has 0 aliphatic carbocycles. The van der Waals surface area contributed by atoms with Gasteiger partial charge in [0.05, 0.1) is 4.90 Å². The molecular formula is C18H31NO2S. The molecule has 0 saturated carbocycles. The minimum Gasteiger partial charge on any atom is -0.211 e. The Kier molecular flexibility index (Phi) is 8.12. The Morgan fingerprint density at radius 2 is 1.73 bits per heavy atom. The molecule has 0 saturated heterocycles. The van der Waals surface area contributed by atoms with Crippen LogP contribution >= 0.6 is 0 Å². The van der Waals surface area contributed by atoms with Gasteiger partial charge < -0.3 is 0 Å². The first-order chi connectivity index (χ1) is 10.4. The molecule has 0 aliphatic rings. The molecule has 22 heavy (non-hydrogen) atoms. The fourth-order valence-corrected chi connectivity index (χ4v) is 3.65. The van der Waals surface area contributed by atoms with Crippen molar-refractivity contribution in [2.24, 2.45) is 11.8 Å². The summed E-state index contributed by atoms with van der Waals surface area (Å²) in [5, 5.41) is 0. The second-order valence-electron chi connectivity index (χ2n) is 6.51. The van der Waals surface area contributed by atoms with Crippen LogP contribution in [0.4, 0.5) is 0 Å². The lowest BCUT2D eigenvalue weighted by molar-refractivity contribution is 0.443. The first-order valence-electron chi connectivity index (χ1n) is 8.47. The second-order valence-corrected chi connectivity index (χ2v) is 8.28. The van der Waals surface area contributed by atoms with E-state index in [-0.39, 0.29) is 0 Å². The summed E-state index contributed by atoms with van der Waals surface area (Å²) in [6.07, 6.45) is 5.38. The van der Waals surface area contributed by atoms with Gasteiger partial charge in [0, 0.05) is 6.54 Å². The monoisotopic (exact) mass is 325 g/mol. The highest BCUT2D eigenvalue weighted by atomic mass is 32.2. The molecule has 1 aromatic rings. The summed E-state index contributed by atoms with van der Waals surface area (Å²) in [4.78, 5) is 0.366. The van der Waals surface area contributed by atoms with Gasteiger partial charge in [-0.05, 0) is 42.4 Å². The van der Waals surface area contributed by atoms with Gasteiger partial charge in [0.15, 0.2) is 0 Å². The molecule has 1 aromatic carbocycles. The van der Waals surface area contributed by atoms with Gasteiger partial charge in [0.25, 0.3) is 0 Å². The van der Waals surface area contributed by atoms with Gasteiger partial charge in [-0.3, -0.25) is 0 Å². The number of hydrogen-bond donors (Lipinski definition) is 1. The number of benzene rings is 1. The molecule has 0 bridgehead atoms. The molecule has 0 heterocycles. The van der Waals surface area contributed by atoms with Crippen molar-refractivity contribution >= 4 is 10.0 Å². The Morgan fingerprint density at radius 1 is 1.09 bits per heavy atom. The molecule has 0 spiro atoms. The Bertz CT molecular complexity index is 521. The minimum absolute atomic E-state index is 0.366. The topological polar surface area (TPSA) is 46.2 Å². The second kappa shape index (κ2) is 9.31. The van der Waals surface area contributed by atoms with Crippen LogP contribution in [0.15, 0.2) is 29.2 Å². The third-order valence-electron chi connectivity index (χ3n) is 3.98. The average Bonchev–Trinajstić information content (AvgIpc) is 2.47. The highest BCUT2D eigenvalue weighted by Gasteiger charge is 2.16. The lowest BCUT2D eigenvalue weighted by Crippen LogP contribution is -2.29. The largest absolute Gasteiger partial charge is 0.240 e. The lowest BCUT2D eigenvalue weighted by Gasteiger charge is -2.15. The van der Waals surface area contributed by atoms with Crippen molar-refractivity contribution in [3.8, 4) is 0 Å². The summed E-state index contributed by atoms with van der Waals surface area (Å²) in [5.74, 6) is 0.999. The number of sulfonamides is 1. The highest BCUT2D eigenvalue weighted by Crippen LogP contribution is 2.16. The third-order valence-corrected chi connectivity index (χ3v) is 5.42. The zero-order chi connectivity index (χ0) is 16.6. The van der Waals surface area contributed by atoms with Crippen molar-refractivity contribution in [3.63, 3.8) is 0 Å². The normalized spacial score (nSPS) is 13.5. The quantitative estimate of drug-likeness (QED) is 0.694. The van der Waals surface area contributed by atoms with E-state index in [2.05, 4.69) is 32.4 Å². The molecule has 4 heteroatoms. The van der Waals surface area contributed by atoms with E-state index in [9.17, 15) is 8.42 Å². The van der Waals surface area contributed by atoms with Gasteiger partial charge >= 0.3 is 0 Å². The van der Waals surface area contributed by atoms with Gasteiger partial charge in [0.1, 0.15) is 0 Å². The lowest BCUT2D eigenvalue weighted by atomic mass is 10.00. The van der Waals surface area contributed by atoms with Crippen LogP contribution in [0.1, 0.15) is 58.9 Å². The molecule has 1 atom stereocenters. The van der Waals surface area contributed by atoms with Crippen LogP contribution in [0.5, 0.6) is 0 Å². The minimum atomic E-state index is -3.39. The average molecular weight is 326 g/mol. The molecule has 126 valence electrons. The maximum atomic E-state index is 12.3. The summed E-state index contributed by atoms with van der Waals surface area (Å²) in [6.45, 7) is 9.14. The van der Waals surface area contributed by atoms with Crippen LogP contribution in [0.25, 0.3) is 0 Å². The van der Waals surface area contributed by atoms with E-state index in [1.54, 1.807) is 12.1 Å². The maximum Gasteiger partial charge on any atom is 0.240 e. The fraction of sp³-hybridized carbons (Fsp3) is 0.667. The van der Waals surface area contributed by atoms with Crippen molar-refractivity contribution in [2.45, 2.75) is 64.7 Å². The van der Waals surface area contributed by atoms with Gasteiger partial charge in [-0.1, -0.05) is 59.1 Å². The molecule has 0 aromatic heterocycles. The van der Waals surface area contributed by atoms with Gasteiger partial charge in [-0.2, -0.15) is 0 Å². The summed E-state index contributed by atoms with van der Waals surface area (Å²) in [5.41, 5.74) is 1.18. The molecule has 3 nitrogen and oxygen atoms in total. The summed E-state index contributed by atoms with van der Waals surface area (Å²) in [7, 11) is -3.39. The van der Waals surface area contributed by atoms with Crippen LogP contribution in [0.3, 0.4) is 0 Å². The first kappa shape index (κ1) is 19.2. The molecule has 1 unspecified atom stereocenters. The standard InChI is InChI=1S/C18H31NO2S/c1-5-7-8-16(6-2)14-19-22(20,21)18-11-9-17(10-12-18)13-15(3)4/h9-12,15-16,19H,5-8,13-14H2,1-4H3. The summed E-state index contributed by atoms with van der Waals surface area (Å²) >= 11 is 0. The Labute approximate surface area is 136 Å². The van der Waals surface area contributed by atoms with Crippen LogP contribution in [-0.4, -0.2) is 15.0 Å². The smallest absolute Gasteiger partial charge is 0.211 e. The zero-order valence-corrected chi connectivity index (χ0v) is 15.2. The third kappa shape index (κ3) is 6.49. The van der Waals surface area contributed by atoms with Crippen LogP contribution in [0, 0.1) is 11.8 Å². The maximum absolute atomic E-state index is 12.3. The van der Waals surface area contributed by atoms with Crippen molar-refractivity contribution in [2.75, 3.05) is 6.54 Å². The molecule has 1 rings (SSSR count). The van der Waals surface area contributed by atoms with E-state index in [0.717, 1.165) is 32.1 Å². The Morgan fingerprint density at radius 3 is 2.23 bits per heavy atom. The van der Waals surface area contributed by atoms with Crippen LogP contribution < -0.4 is 4.72 Å². The molecular weight excluding hydrogens is 294 g/mol. The van der Waals surface area contributed by atoms with E-state index in [0.29, 0.717) is 23.3 Å². The number of hydrogen-bond acceptors (Lipinski definition) is 2. The van der Waals surface area contributed by atoms with Crippen molar-refractivity contribution < 1.29 is 8.42 Å². The Hall–Kier alpha value is -0.870. The van der Waals surface area contributed by atoms with Gasteiger partial charge in [0.2, 0.25) is 10.0 Å². The fourth-order valence-electron chi connectivity index (χ4n) is 2.53. The summed E-state index contributed by atoms with van der Waals surface area (Å²) in [6, 6.07) is 7.27. The Balaban J connectivity index is 2.65. The van der Waals surface area contributed by atoms with E-state index >= 15 is 0 Å². The molecule has 0 aliphatic heterocycles. The van der Waals surface area contributed by atoms with Gasteiger partial charge in [-0.15, -0.1) is 0 Å².